The van der Waals surface area contributed by atoms with Crippen molar-refractivity contribution in [2.45, 2.75) is 39.2 Å². The molecule has 0 spiro atoms. The van der Waals surface area contributed by atoms with Gasteiger partial charge in [-0.2, -0.15) is 0 Å². The quantitative estimate of drug-likeness (QED) is 0.536. The predicted molar refractivity (Wildman–Crippen MR) is 114 cm³/mol. The second-order valence-corrected chi connectivity index (χ2v) is 7.66. The number of aromatic hydroxyl groups is 2. The maximum absolute atomic E-state index is 13.2. The lowest BCUT2D eigenvalue weighted by molar-refractivity contribution is 0.0713. The summed E-state index contributed by atoms with van der Waals surface area (Å²) in [5.74, 6) is 0.194. The first-order valence-corrected chi connectivity index (χ1v) is 9.70. The van der Waals surface area contributed by atoms with Crippen LogP contribution in [0, 0.1) is 0 Å². The number of fused-ring (bicyclic) bond motifs is 1. The lowest BCUT2D eigenvalue weighted by Gasteiger charge is -2.18. The van der Waals surface area contributed by atoms with Crippen LogP contribution in [0.25, 0.3) is 22.3 Å². The number of hydrogen-bond acceptors (Lipinski definition) is 7. The molecule has 1 aromatic heterocycles. The van der Waals surface area contributed by atoms with Gasteiger partial charge in [0.2, 0.25) is 11.2 Å². The van der Waals surface area contributed by atoms with Crippen LogP contribution in [-0.4, -0.2) is 34.6 Å². The van der Waals surface area contributed by atoms with E-state index in [1.54, 1.807) is 52.1 Å². The van der Waals surface area contributed by atoms with Gasteiger partial charge in [-0.1, -0.05) is 0 Å². The third kappa shape index (κ3) is 4.21. The van der Waals surface area contributed by atoms with Crippen molar-refractivity contribution in [1.29, 1.82) is 0 Å². The van der Waals surface area contributed by atoms with Gasteiger partial charge in [0.25, 0.3) is 0 Å². The molecule has 0 atom stereocenters. The zero-order chi connectivity index (χ0) is 22.1. The molecule has 7 nitrogen and oxygen atoms in total. The molecule has 0 saturated heterocycles. The molecule has 7 heteroatoms. The fraction of sp³-hybridized carbons (Fsp3) is 0.348. The molecule has 0 amide bonds. The van der Waals surface area contributed by atoms with E-state index >= 15 is 0 Å². The van der Waals surface area contributed by atoms with Gasteiger partial charge in [-0.05, 0) is 57.9 Å². The fourth-order valence-electron chi connectivity index (χ4n) is 3.25. The van der Waals surface area contributed by atoms with E-state index in [0.717, 1.165) is 6.07 Å². The van der Waals surface area contributed by atoms with Crippen LogP contribution < -0.4 is 14.9 Å². The highest BCUT2D eigenvalue weighted by molar-refractivity contribution is 5.91. The third-order valence-corrected chi connectivity index (χ3v) is 4.81. The molecule has 30 heavy (non-hydrogen) atoms. The van der Waals surface area contributed by atoms with E-state index in [1.165, 1.54) is 0 Å². The molecule has 0 unspecified atom stereocenters. The first kappa shape index (κ1) is 21.5. The van der Waals surface area contributed by atoms with E-state index in [2.05, 4.69) is 0 Å². The maximum Gasteiger partial charge on any atom is 0.239 e. The Morgan fingerprint density at radius 1 is 1.10 bits per heavy atom. The molecule has 0 bridgehead atoms. The molecule has 0 aliphatic heterocycles. The maximum atomic E-state index is 13.2. The minimum atomic E-state index is -0.985. The van der Waals surface area contributed by atoms with Crippen LogP contribution in [0.1, 0.15) is 32.8 Å². The van der Waals surface area contributed by atoms with E-state index in [0.29, 0.717) is 23.3 Å². The number of hydrogen-bond donors (Lipinski definition) is 3. The third-order valence-electron chi connectivity index (χ3n) is 4.81. The Labute approximate surface area is 174 Å². The minimum absolute atomic E-state index is 0.0235. The van der Waals surface area contributed by atoms with Gasteiger partial charge in [0, 0.05) is 17.2 Å². The summed E-state index contributed by atoms with van der Waals surface area (Å²) in [6.07, 6.45) is 0.556. The summed E-state index contributed by atoms with van der Waals surface area (Å²) in [7, 11) is 1.55. The normalized spacial score (nSPS) is 11.6. The lowest BCUT2D eigenvalue weighted by Crippen LogP contribution is -2.19. The smallest absolute Gasteiger partial charge is 0.239 e. The van der Waals surface area contributed by atoms with E-state index in [1.807, 2.05) is 0 Å². The Morgan fingerprint density at radius 2 is 1.77 bits per heavy atom. The van der Waals surface area contributed by atoms with Crippen molar-refractivity contribution in [1.82, 2.24) is 0 Å². The molecule has 3 rings (SSSR count). The first-order chi connectivity index (χ1) is 14.2. The number of aliphatic hydroxyl groups is 1. The van der Waals surface area contributed by atoms with Crippen LogP contribution in [0.15, 0.2) is 39.5 Å². The molecule has 3 N–H and O–H groups in total. The minimum Gasteiger partial charge on any atom is -0.507 e. The Kier molecular flexibility index (Phi) is 5.94. The number of methoxy groups -OCH3 is 1. The topological polar surface area (TPSA) is 109 Å². The average molecular weight is 414 g/mol. The van der Waals surface area contributed by atoms with Gasteiger partial charge in [0.15, 0.2) is 5.76 Å². The molecule has 0 radical (unpaired) electrons. The van der Waals surface area contributed by atoms with E-state index in [4.69, 9.17) is 13.9 Å². The number of aryl methyl sites for hydroxylation is 1. The van der Waals surface area contributed by atoms with Crippen molar-refractivity contribution in [2.24, 2.45) is 0 Å². The average Bonchev–Trinajstić information content (AvgIpc) is 2.68. The number of rotatable bonds is 7. The van der Waals surface area contributed by atoms with E-state index in [-0.39, 0.29) is 41.3 Å². The van der Waals surface area contributed by atoms with Gasteiger partial charge in [-0.25, -0.2) is 0 Å². The zero-order valence-corrected chi connectivity index (χ0v) is 17.5. The van der Waals surface area contributed by atoms with Gasteiger partial charge in [0.05, 0.1) is 19.3 Å². The second-order valence-electron chi connectivity index (χ2n) is 7.66. The van der Waals surface area contributed by atoms with Crippen LogP contribution in [0.4, 0.5) is 0 Å². The highest BCUT2D eigenvalue weighted by Crippen LogP contribution is 2.39. The highest BCUT2D eigenvalue weighted by Gasteiger charge is 2.25. The number of phenols is 2. The van der Waals surface area contributed by atoms with Gasteiger partial charge < -0.3 is 29.2 Å². The lowest BCUT2D eigenvalue weighted by atomic mass is 9.96. The summed E-state index contributed by atoms with van der Waals surface area (Å²) in [4.78, 5) is 13.2. The predicted octanol–water partition coefficient (Wildman–Crippen LogP) is 3.98. The molecule has 0 fully saturated rings. The van der Waals surface area contributed by atoms with Crippen LogP contribution in [0.2, 0.25) is 0 Å². The molecule has 160 valence electrons. The second kappa shape index (κ2) is 8.28. The van der Waals surface area contributed by atoms with Crippen molar-refractivity contribution in [3.8, 4) is 34.3 Å². The molecular weight excluding hydrogens is 388 g/mol. The molecule has 1 heterocycles. The monoisotopic (exact) mass is 414 g/mol. The van der Waals surface area contributed by atoms with Crippen LogP contribution in [0.5, 0.6) is 23.0 Å². The fourth-order valence-corrected chi connectivity index (χ4v) is 3.25. The van der Waals surface area contributed by atoms with Crippen LogP contribution in [0.3, 0.4) is 0 Å². The van der Waals surface area contributed by atoms with Crippen molar-refractivity contribution >= 4 is 11.0 Å². The number of phenolic OH excluding ortho intramolecular Hbond substituents is 2. The largest absolute Gasteiger partial charge is 0.507 e. The summed E-state index contributed by atoms with van der Waals surface area (Å²) in [6.45, 7) is 5.27. The Morgan fingerprint density at radius 3 is 2.33 bits per heavy atom. The summed E-state index contributed by atoms with van der Waals surface area (Å²) in [5.41, 5.74) is -0.544. The van der Waals surface area contributed by atoms with Crippen molar-refractivity contribution in [3.05, 3.63) is 46.1 Å². The van der Waals surface area contributed by atoms with Gasteiger partial charge in [-0.15, -0.1) is 0 Å². The van der Waals surface area contributed by atoms with Crippen LogP contribution in [-0.2, 0) is 6.42 Å². The Balaban J connectivity index is 2.32. The SMILES string of the molecule is CCOc1c(-c2ccc(OC)cc2)oc2c(CCC(C)(C)O)c(O)cc(O)c2c1=O. The molecular formula is C23H26O7. The molecule has 0 aliphatic rings. The van der Waals surface area contributed by atoms with Gasteiger partial charge >= 0.3 is 0 Å². The summed E-state index contributed by atoms with van der Waals surface area (Å²) in [5, 5.41) is 30.8. The van der Waals surface area contributed by atoms with Crippen molar-refractivity contribution < 1.29 is 29.2 Å². The van der Waals surface area contributed by atoms with E-state index in [9.17, 15) is 20.1 Å². The zero-order valence-electron chi connectivity index (χ0n) is 17.5. The summed E-state index contributed by atoms with van der Waals surface area (Å²) in [6, 6.07) is 8.02. The van der Waals surface area contributed by atoms with Crippen LogP contribution >= 0.6 is 0 Å². The van der Waals surface area contributed by atoms with Gasteiger partial charge in [-0.3, -0.25) is 4.79 Å². The standard InChI is InChI=1S/C23H26O7/c1-5-29-22-19(26)18-17(25)12-16(24)15(10-11-23(2,3)27)21(18)30-20(22)13-6-8-14(28-4)9-7-13/h6-9,12,24-25,27H,5,10-11H2,1-4H3. The number of ether oxygens (including phenoxy) is 2. The van der Waals surface area contributed by atoms with Crippen molar-refractivity contribution in [2.75, 3.05) is 13.7 Å². The Bertz CT molecular complexity index is 1110. The van der Waals surface area contributed by atoms with E-state index < -0.39 is 16.8 Å². The molecule has 2 aromatic carbocycles. The summed E-state index contributed by atoms with van der Waals surface area (Å²) >= 11 is 0. The Hall–Kier alpha value is -3.19. The first-order valence-electron chi connectivity index (χ1n) is 9.70. The van der Waals surface area contributed by atoms with Crippen molar-refractivity contribution in [3.63, 3.8) is 0 Å². The molecule has 0 aliphatic carbocycles. The summed E-state index contributed by atoms with van der Waals surface area (Å²) < 4.78 is 16.8. The molecule has 0 saturated carbocycles. The highest BCUT2D eigenvalue weighted by atomic mass is 16.5. The van der Waals surface area contributed by atoms with Gasteiger partial charge in [0.1, 0.15) is 28.2 Å². The number of benzene rings is 2. The molecule has 3 aromatic rings.